The number of fused-ring (bicyclic) bond motifs is 1. The van der Waals surface area contributed by atoms with Crippen molar-refractivity contribution < 1.29 is 4.42 Å². The third-order valence-corrected chi connectivity index (χ3v) is 2.70. The van der Waals surface area contributed by atoms with Gasteiger partial charge in [0.15, 0.2) is 11.3 Å². The van der Waals surface area contributed by atoms with Crippen LogP contribution < -0.4 is 5.73 Å². The normalized spacial score (nSPS) is 10.9. The fourth-order valence-corrected chi connectivity index (χ4v) is 1.87. The van der Waals surface area contributed by atoms with Crippen LogP contribution in [0.15, 0.2) is 41.1 Å². The van der Waals surface area contributed by atoms with Crippen LogP contribution in [0.1, 0.15) is 0 Å². The van der Waals surface area contributed by atoms with E-state index in [2.05, 4.69) is 9.97 Å². The summed E-state index contributed by atoms with van der Waals surface area (Å²) in [6.07, 6.45) is 3.08. The fraction of sp³-hybridized carbons (Fsp3) is 0. The third-order valence-electron chi connectivity index (χ3n) is 2.40. The maximum absolute atomic E-state index is 6.03. The van der Waals surface area contributed by atoms with Crippen LogP contribution in [0, 0.1) is 0 Å². The second-order valence-corrected chi connectivity index (χ2v) is 4.01. The Balaban J connectivity index is 2.22. The molecule has 0 saturated heterocycles. The Labute approximate surface area is 102 Å². The number of hydrogen-bond donors (Lipinski definition) is 1. The molecule has 1 aromatic carbocycles. The van der Waals surface area contributed by atoms with Crippen LogP contribution >= 0.6 is 11.6 Å². The second kappa shape index (κ2) is 3.75. The summed E-state index contributed by atoms with van der Waals surface area (Å²) in [5.74, 6) is 0.960. The number of anilines is 1. The van der Waals surface area contributed by atoms with Gasteiger partial charge in [0.2, 0.25) is 0 Å². The minimum absolute atomic E-state index is 0.356. The molecule has 0 aliphatic rings. The molecule has 2 N–H and O–H groups in total. The van der Waals surface area contributed by atoms with E-state index in [1.165, 1.54) is 6.20 Å². The first-order valence-electron chi connectivity index (χ1n) is 5.00. The number of halogens is 1. The van der Waals surface area contributed by atoms with Gasteiger partial charge in [-0.1, -0.05) is 23.7 Å². The first-order valence-corrected chi connectivity index (χ1v) is 5.38. The minimum Gasteiger partial charge on any atom is -0.453 e. The molecule has 2 heterocycles. The van der Waals surface area contributed by atoms with E-state index in [4.69, 9.17) is 21.8 Å². The van der Waals surface area contributed by atoms with Crippen molar-refractivity contribution in [2.24, 2.45) is 0 Å². The molecule has 0 radical (unpaired) electrons. The smallest absolute Gasteiger partial charge is 0.155 e. The standard InChI is InChI=1S/C12H8ClN3O/c13-8-3-1-2-7-4-10(17-12(7)8)9-5-15-6-11(14)16-9/h1-6H,(H2,14,16). The molecule has 4 nitrogen and oxygen atoms in total. The topological polar surface area (TPSA) is 64.9 Å². The monoisotopic (exact) mass is 245 g/mol. The molecule has 0 saturated carbocycles. The predicted molar refractivity (Wildman–Crippen MR) is 66.7 cm³/mol. The molecule has 3 aromatic rings. The van der Waals surface area contributed by atoms with Gasteiger partial charge in [-0.15, -0.1) is 0 Å². The third kappa shape index (κ3) is 1.72. The molecule has 3 rings (SSSR count). The van der Waals surface area contributed by atoms with E-state index in [0.29, 0.717) is 27.9 Å². The van der Waals surface area contributed by atoms with Crippen LogP contribution in [-0.2, 0) is 0 Å². The Morgan fingerprint density at radius 1 is 1.24 bits per heavy atom. The Morgan fingerprint density at radius 3 is 2.88 bits per heavy atom. The Bertz CT molecular complexity index is 693. The first-order chi connectivity index (χ1) is 8.24. The molecule has 0 spiro atoms. The zero-order chi connectivity index (χ0) is 11.8. The van der Waals surface area contributed by atoms with Gasteiger partial charge >= 0.3 is 0 Å². The highest BCUT2D eigenvalue weighted by atomic mass is 35.5. The van der Waals surface area contributed by atoms with Crippen molar-refractivity contribution >= 4 is 28.4 Å². The van der Waals surface area contributed by atoms with E-state index >= 15 is 0 Å². The van der Waals surface area contributed by atoms with Gasteiger partial charge in [0, 0.05) is 5.39 Å². The predicted octanol–water partition coefficient (Wildman–Crippen LogP) is 3.13. The van der Waals surface area contributed by atoms with Crippen LogP contribution in [0.5, 0.6) is 0 Å². The van der Waals surface area contributed by atoms with Crippen molar-refractivity contribution in [1.82, 2.24) is 9.97 Å². The minimum atomic E-state index is 0.356. The summed E-state index contributed by atoms with van der Waals surface area (Å²) in [5.41, 5.74) is 6.82. The summed E-state index contributed by atoms with van der Waals surface area (Å²) >= 11 is 6.03. The average molecular weight is 246 g/mol. The highest BCUT2D eigenvalue weighted by Gasteiger charge is 2.10. The largest absolute Gasteiger partial charge is 0.453 e. The Hall–Kier alpha value is -2.07. The molecule has 0 aliphatic carbocycles. The Kier molecular flexibility index (Phi) is 2.23. The molecule has 0 bridgehead atoms. The van der Waals surface area contributed by atoms with Gasteiger partial charge in [-0.05, 0) is 12.1 Å². The average Bonchev–Trinajstić information content (AvgIpc) is 2.74. The summed E-state index contributed by atoms with van der Waals surface area (Å²) in [4.78, 5) is 8.12. The van der Waals surface area contributed by atoms with Crippen molar-refractivity contribution in [1.29, 1.82) is 0 Å². The molecular formula is C12H8ClN3O. The number of rotatable bonds is 1. The van der Waals surface area contributed by atoms with Crippen LogP contribution in [0.2, 0.25) is 5.02 Å². The van der Waals surface area contributed by atoms with Crippen molar-refractivity contribution in [2.75, 3.05) is 5.73 Å². The first kappa shape index (κ1) is 10.1. The zero-order valence-corrected chi connectivity index (χ0v) is 9.48. The number of para-hydroxylation sites is 1. The number of benzene rings is 1. The van der Waals surface area contributed by atoms with Crippen LogP contribution in [0.3, 0.4) is 0 Å². The van der Waals surface area contributed by atoms with E-state index in [1.807, 2.05) is 18.2 Å². The number of furan rings is 1. The lowest BCUT2D eigenvalue weighted by atomic mass is 10.2. The van der Waals surface area contributed by atoms with Crippen molar-refractivity contribution in [3.63, 3.8) is 0 Å². The fourth-order valence-electron chi connectivity index (χ4n) is 1.65. The van der Waals surface area contributed by atoms with Gasteiger partial charge in [0.1, 0.15) is 11.5 Å². The van der Waals surface area contributed by atoms with Gasteiger partial charge in [0.05, 0.1) is 17.4 Å². The highest BCUT2D eigenvalue weighted by molar-refractivity contribution is 6.34. The molecule has 84 valence electrons. The van der Waals surface area contributed by atoms with Gasteiger partial charge in [-0.25, -0.2) is 4.98 Å². The second-order valence-electron chi connectivity index (χ2n) is 3.60. The summed E-state index contributed by atoms with van der Waals surface area (Å²) in [6, 6.07) is 7.44. The van der Waals surface area contributed by atoms with Crippen molar-refractivity contribution in [2.45, 2.75) is 0 Å². The number of nitrogens with zero attached hydrogens (tertiary/aromatic N) is 2. The van der Waals surface area contributed by atoms with Crippen LogP contribution in [-0.4, -0.2) is 9.97 Å². The number of hydrogen-bond acceptors (Lipinski definition) is 4. The maximum Gasteiger partial charge on any atom is 0.155 e. The molecule has 0 atom stereocenters. The van der Waals surface area contributed by atoms with E-state index in [0.717, 1.165) is 5.39 Å². The van der Waals surface area contributed by atoms with Gasteiger partial charge < -0.3 is 10.2 Å². The lowest BCUT2D eigenvalue weighted by Gasteiger charge is -1.95. The van der Waals surface area contributed by atoms with Crippen LogP contribution in [0.4, 0.5) is 5.82 Å². The van der Waals surface area contributed by atoms with Crippen molar-refractivity contribution in [3.8, 4) is 11.5 Å². The lowest BCUT2D eigenvalue weighted by molar-refractivity contribution is 0.628. The summed E-state index contributed by atoms with van der Waals surface area (Å²) in [6.45, 7) is 0. The summed E-state index contributed by atoms with van der Waals surface area (Å²) < 4.78 is 5.65. The molecular weight excluding hydrogens is 238 g/mol. The van der Waals surface area contributed by atoms with Crippen molar-refractivity contribution in [3.05, 3.63) is 41.7 Å². The highest BCUT2D eigenvalue weighted by Crippen LogP contribution is 2.30. The lowest BCUT2D eigenvalue weighted by Crippen LogP contribution is -1.92. The van der Waals surface area contributed by atoms with Crippen LogP contribution in [0.25, 0.3) is 22.4 Å². The zero-order valence-electron chi connectivity index (χ0n) is 8.72. The summed E-state index contributed by atoms with van der Waals surface area (Å²) in [7, 11) is 0. The molecule has 0 fully saturated rings. The van der Waals surface area contributed by atoms with Gasteiger partial charge in [0.25, 0.3) is 0 Å². The maximum atomic E-state index is 6.03. The number of aromatic nitrogens is 2. The van der Waals surface area contributed by atoms with E-state index in [1.54, 1.807) is 12.3 Å². The number of nitrogen functional groups attached to an aromatic ring is 1. The molecule has 0 unspecified atom stereocenters. The van der Waals surface area contributed by atoms with Gasteiger partial charge in [-0.2, -0.15) is 0 Å². The van der Waals surface area contributed by atoms with E-state index in [-0.39, 0.29) is 0 Å². The molecule has 17 heavy (non-hydrogen) atoms. The molecule has 5 heteroatoms. The van der Waals surface area contributed by atoms with Gasteiger partial charge in [-0.3, -0.25) is 4.98 Å². The summed E-state index contributed by atoms with van der Waals surface area (Å²) in [5, 5.41) is 1.50. The van der Waals surface area contributed by atoms with E-state index < -0.39 is 0 Å². The number of nitrogens with two attached hydrogens (primary N) is 1. The molecule has 2 aromatic heterocycles. The SMILES string of the molecule is Nc1cncc(-c2cc3cccc(Cl)c3o2)n1. The molecule has 0 aliphatic heterocycles. The Morgan fingerprint density at radius 2 is 2.12 bits per heavy atom. The quantitative estimate of drug-likeness (QED) is 0.715. The molecule has 0 amide bonds. The van der Waals surface area contributed by atoms with E-state index in [9.17, 15) is 0 Å².